The van der Waals surface area contributed by atoms with E-state index in [0.29, 0.717) is 11.8 Å². The number of allylic oxidation sites excluding steroid dienone is 3. The van der Waals surface area contributed by atoms with Gasteiger partial charge in [-0.25, -0.2) is 4.99 Å². The normalized spacial score (nSPS) is 20.8. The van der Waals surface area contributed by atoms with Crippen molar-refractivity contribution in [2.75, 3.05) is 0 Å². The predicted octanol–water partition coefficient (Wildman–Crippen LogP) is 3.78. The molecular weight excluding hydrogens is 196 g/mol. The summed E-state index contributed by atoms with van der Waals surface area (Å²) in [7, 11) is 0. The average molecular weight is 216 g/mol. The van der Waals surface area contributed by atoms with Crippen LogP contribution in [0.15, 0.2) is 45.1 Å². The van der Waals surface area contributed by atoms with Gasteiger partial charge in [-0.1, -0.05) is 39.0 Å². The maximum absolute atomic E-state index is 4.19. The second-order valence-electron chi connectivity index (χ2n) is 4.50. The van der Waals surface area contributed by atoms with E-state index in [9.17, 15) is 0 Å². The summed E-state index contributed by atoms with van der Waals surface area (Å²) < 4.78 is 0. The van der Waals surface area contributed by atoms with Gasteiger partial charge in [0.25, 0.3) is 0 Å². The van der Waals surface area contributed by atoms with Crippen LogP contribution in [0.3, 0.4) is 0 Å². The summed E-state index contributed by atoms with van der Waals surface area (Å²) in [6.07, 6.45) is 3.72. The highest BCUT2D eigenvalue weighted by Gasteiger charge is 2.24. The van der Waals surface area contributed by atoms with Gasteiger partial charge in [0.2, 0.25) is 0 Å². The molecule has 0 aromatic heterocycles. The van der Waals surface area contributed by atoms with Crippen LogP contribution in [0.2, 0.25) is 0 Å². The molecule has 2 heteroatoms. The Morgan fingerprint density at radius 2 is 2.12 bits per heavy atom. The first kappa shape index (κ1) is 12.6. The van der Waals surface area contributed by atoms with Crippen molar-refractivity contribution < 1.29 is 0 Å². The minimum atomic E-state index is 0.485. The van der Waals surface area contributed by atoms with E-state index in [1.54, 1.807) is 0 Å². The second kappa shape index (κ2) is 5.06. The topological polar surface area (TPSA) is 24.7 Å². The maximum atomic E-state index is 4.19. The molecule has 0 aromatic rings. The molecule has 0 heterocycles. The molecule has 0 N–H and O–H groups in total. The lowest BCUT2D eigenvalue weighted by Gasteiger charge is -2.16. The van der Waals surface area contributed by atoms with Crippen LogP contribution in [0.1, 0.15) is 27.7 Å². The first-order valence-electron chi connectivity index (χ1n) is 5.59. The smallest absolute Gasteiger partial charge is 0.115 e. The van der Waals surface area contributed by atoms with E-state index in [1.807, 2.05) is 0 Å². The number of aliphatic imine (C=N–C) groups is 2. The molecule has 0 amide bonds. The third-order valence-electron chi connectivity index (χ3n) is 2.88. The van der Waals surface area contributed by atoms with Crippen molar-refractivity contribution in [1.82, 2.24) is 0 Å². The van der Waals surface area contributed by atoms with Crippen molar-refractivity contribution in [3.05, 3.63) is 35.1 Å². The van der Waals surface area contributed by atoms with E-state index in [2.05, 4.69) is 57.1 Å². The quantitative estimate of drug-likeness (QED) is 0.504. The highest BCUT2D eigenvalue weighted by atomic mass is 14.8. The lowest BCUT2D eigenvalue weighted by Crippen LogP contribution is -2.03. The Hall–Kier alpha value is -1.44. The van der Waals surface area contributed by atoms with Gasteiger partial charge < -0.3 is 0 Å². The van der Waals surface area contributed by atoms with Crippen molar-refractivity contribution in [1.29, 1.82) is 0 Å². The fourth-order valence-corrected chi connectivity index (χ4v) is 2.39. The molecule has 1 unspecified atom stereocenters. The monoisotopic (exact) mass is 216 g/mol. The zero-order valence-electron chi connectivity index (χ0n) is 10.6. The van der Waals surface area contributed by atoms with E-state index in [4.69, 9.17) is 0 Å². The fourth-order valence-electron chi connectivity index (χ4n) is 2.39. The van der Waals surface area contributed by atoms with Crippen LogP contribution < -0.4 is 0 Å². The molecule has 0 aliphatic heterocycles. The van der Waals surface area contributed by atoms with Crippen LogP contribution in [0, 0.1) is 11.8 Å². The summed E-state index contributed by atoms with van der Waals surface area (Å²) in [5.41, 5.74) is 4.67. The van der Waals surface area contributed by atoms with E-state index >= 15 is 0 Å². The number of hydrogen-bond acceptors (Lipinski definition) is 1. The fraction of sp³-hybridized carbons (Fsp3) is 0.429. The van der Waals surface area contributed by atoms with Crippen LogP contribution in [-0.2, 0) is 0 Å². The first-order valence-corrected chi connectivity index (χ1v) is 5.59. The zero-order chi connectivity index (χ0) is 12.3. The van der Waals surface area contributed by atoms with Crippen molar-refractivity contribution in [3.8, 4) is 0 Å². The maximum Gasteiger partial charge on any atom is 0.115 e. The Morgan fingerprint density at radius 1 is 1.50 bits per heavy atom. The average Bonchev–Trinajstić information content (AvgIpc) is 2.50. The van der Waals surface area contributed by atoms with Crippen molar-refractivity contribution >= 4 is 13.1 Å². The summed E-state index contributed by atoms with van der Waals surface area (Å²) in [5, 5.41) is 0. The molecule has 16 heavy (non-hydrogen) atoms. The van der Waals surface area contributed by atoms with Crippen LogP contribution in [0.4, 0.5) is 0 Å². The van der Waals surface area contributed by atoms with Crippen LogP contribution in [-0.4, -0.2) is 13.1 Å². The van der Waals surface area contributed by atoms with Gasteiger partial charge in [-0.2, -0.15) is 0 Å². The van der Waals surface area contributed by atoms with Crippen LogP contribution in [0.25, 0.3) is 0 Å². The second-order valence-corrected chi connectivity index (χ2v) is 4.50. The van der Waals surface area contributed by atoms with Gasteiger partial charge in [-0.05, 0) is 31.1 Å². The molecule has 0 saturated carbocycles. The molecule has 86 valence electrons. The number of hydrogen-bond donors (Lipinski definition) is 0. The highest BCUT2D eigenvalue weighted by molar-refractivity contribution is 5.66. The lowest BCUT2D eigenvalue weighted by atomic mass is 9.90. The molecule has 1 rings (SSSR count). The van der Waals surface area contributed by atoms with Gasteiger partial charge in [0.05, 0.1) is 5.70 Å². The van der Waals surface area contributed by atoms with Gasteiger partial charge in [0.15, 0.2) is 0 Å². The van der Waals surface area contributed by atoms with Crippen molar-refractivity contribution in [2.24, 2.45) is 21.8 Å². The zero-order valence-corrected chi connectivity index (χ0v) is 10.6. The first-order chi connectivity index (χ1) is 7.49. The molecule has 0 fully saturated rings. The minimum absolute atomic E-state index is 0.485. The van der Waals surface area contributed by atoms with Crippen molar-refractivity contribution in [3.63, 3.8) is 0 Å². The highest BCUT2D eigenvalue weighted by Crippen LogP contribution is 2.38. The lowest BCUT2D eigenvalue weighted by molar-refractivity contribution is 0.669. The molecule has 0 aromatic carbocycles. The Balaban J connectivity index is 3.15. The van der Waals surface area contributed by atoms with Gasteiger partial charge in [-0.3, -0.25) is 4.99 Å². The standard InChI is InChI=1S/C14H20N2/c1-9(2)13-10(3)7-11(4)14(13)12(5)16-8-15-6/h7-10H,5-6H2,1-4H3. The molecule has 0 radical (unpaired) electrons. The van der Waals surface area contributed by atoms with Gasteiger partial charge in [0, 0.05) is 5.57 Å². The molecule has 1 aliphatic carbocycles. The van der Waals surface area contributed by atoms with E-state index in [0.717, 1.165) is 5.70 Å². The molecule has 1 aliphatic rings. The molecule has 2 nitrogen and oxygen atoms in total. The Bertz CT molecular complexity index is 395. The summed E-state index contributed by atoms with van der Waals surface area (Å²) in [4.78, 5) is 7.81. The molecule has 0 bridgehead atoms. The SMILES string of the molecule is C=NC=NC(=C)C1=C(C(C)C)C(C)C=C1C. The minimum Gasteiger partial charge on any atom is -0.253 e. The molecule has 0 saturated heterocycles. The third-order valence-corrected chi connectivity index (χ3v) is 2.88. The Labute approximate surface area is 98.2 Å². The van der Waals surface area contributed by atoms with E-state index < -0.39 is 0 Å². The number of nitrogens with zero attached hydrogens (tertiary/aromatic N) is 2. The van der Waals surface area contributed by atoms with Gasteiger partial charge >= 0.3 is 0 Å². The number of rotatable bonds is 4. The Morgan fingerprint density at radius 3 is 2.62 bits per heavy atom. The van der Waals surface area contributed by atoms with Gasteiger partial charge in [-0.15, -0.1) is 0 Å². The molecule has 0 spiro atoms. The largest absolute Gasteiger partial charge is 0.253 e. The summed E-state index contributed by atoms with van der Waals surface area (Å²) in [6.45, 7) is 16.1. The van der Waals surface area contributed by atoms with Gasteiger partial charge in [0.1, 0.15) is 6.34 Å². The van der Waals surface area contributed by atoms with Crippen LogP contribution >= 0.6 is 0 Å². The summed E-state index contributed by atoms with van der Waals surface area (Å²) in [6, 6.07) is 0. The summed E-state index contributed by atoms with van der Waals surface area (Å²) >= 11 is 0. The molecule has 1 atom stereocenters. The van der Waals surface area contributed by atoms with E-state index in [1.165, 1.54) is 23.1 Å². The van der Waals surface area contributed by atoms with Crippen LogP contribution in [0.5, 0.6) is 0 Å². The van der Waals surface area contributed by atoms with Crippen molar-refractivity contribution in [2.45, 2.75) is 27.7 Å². The molecular formula is C14H20N2. The Kier molecular flexibility index (Phi) is 3.99. The predicted molar refractivity (Wildman–Crippen MR) is 72.0 cm³/mol. The van der Waals surface area contributed by atoms with E-state index in [-0.39, 0.29) is 0 Å². The third kappa shape index (κ3) is 2.38. The summed E-state index contributed by atoms with van der Waals surface area (Å²) in [5.74, 6) is 1.00.